The first-order valence-corrected chi connectivity index (χ1v) is 12.0. The Labute approximate surface area is 171 Å². The van der Waals surface area contributed by atoms with E-state index in [4.69, 9.17) is 4.74 Å². The van der Waals surface area contributed by atoms with Crippen LogP contribution in [0, 0.1) is 12.7 Å². The molecule has 0 aliphatic carbocycles. The third-order valence-electron chi connectivity index (χ3n) is 4.25. The van der Waals surface area contributed by atoms with E-state index in [1.807, 2.05) is 0 Å². The van der Waals surface area contributed by atoms with Gasteiger partial charge in [-0.3, -0.25) is 4.72 Å². The molecule has 0 atom stereocenters. The summed E-state index contributed by atoms with van der Waals surface area (Å²) < 4.78 is 73.8. The molecular formula is C19H25FN2O5S2. The number of rotatable bonds is 9. The van der Waals surface area contributed by atoms with Crippen LogP contribution in [0.3, 0.4) is 0 Å². The van der Waals surface area contributed by atoms with Crippen molar-refractivity contribution < 1.29 is 26.0 Å². The summed E-state index contributed by atoms with van der Waals surface area (Å²) in [7, 11) is -7.93. The maximum atomic E-state index is 13.3. The van der Waals surface area contributed by atoms with E-state index < -0.39 is 25.9 Å². The molecule has 0 radical (unpaired) electrons. The van der Waals surface area contributed by atoms with E-state index in [1.165, 1.54) is 29.4 Å². The van der Waals surface area contributed by atoms with Gasteiger partial charge in [0.2, 0.25) is 10.0 Å². The Hall–Kier alpha value is -2.17. The molecule has 2 aromatic rings. The van der Waals surface area contributed by atoms with Gasteiger partial charge in [-0.25, -0.2) is 21.2 Å². The first-order valence-electron chi connectivity index (χ1n) is 9.12. The maximum absolute atomic E-state index is 13.3. The Morgan fingerprint density at radius 2 is 1.62 bits per heavy atom. The van der Waals surface area contributed by atoms with Crippen molar-refractivity contribution in [3.8, 4) is 5.75 Å². The minimum absolute atomic E-state index is 0.0582. The third-order valence-corrected chi connectivity index (χ3v) is 7.86. The standard InChI is InChI=1S/C19H25FN2O5S2/c1-5-22(6-2)29(25,26)19-13-16(9-10-17(19)27-7-3)21-28(23,24)18-11-8-15(20)12-14(18)4/h8-13,21H,5-7H2,1-4H3. The lowest BCUT2D eigenvalue weighted by molar-refractivity contribution is 0.329. The summed E-state index contributed by atoms with van der Waals surface area (Å²) in [6.07, 6.45) is 0. The van der Waals surface area contributed by atoms with Crippen LogP contribution >= 0.6 is 0 Å². The van der Waals surface area contributed by atoms with E-state index in [0.29, 0.717) is 0 Å². The molecule has 2 aromatic carbocycles. The number of hydrogen-bond acceptors (Lipinski definition) is 5. The maximum Gasteiger partial charge on any atom is 0.262 e. The normalized spacial score (nSPS) is 12.2. The van der Waals surface area contributed by atoms with Gasteiger partial charge in [-0.1, -0.05) is 13.8 Å². The second kappa shape index (κ2) is 9.10. The molecule has 29 heavy (non-hydrogen) atoms. The number of sulfonamides is 2. The van der Waals surface area contributed by atoms with E-state index in [9.17, 15) is 21.2 Å². The zero-order valence-electron chi connectivity index (χ0n) is 16.8. The highest BCUT2D eigenvalue weighted by atomic mass is 32.2. The molecule has 0 spiro atoms. The fourth-order valence-electron chi connectivity index (χ4n) is 2.87. The van der Waals surface area contributed by atoms with Crippen LogP contribution in [0.2, 0.25) is 0 Å². The highest BCUT2D eigenvalue weighted by Gasteiger charge is 2.27. The van der Waals surface area contributed by atoms with E-state index in [-0.39, 0.29) is 46.5 Å². The number of nitrogens with one attached hydrogen (secondary N) is 1. The van der Waals surface area contributed by atoms with Crippen molar-refractivity contribution in [2.45, 2.75) is 37.5 Å². The quantitative estimate of drug-likeness (QED) is 0.640. The van der Waals surface area contributed by atoms with Crippen molar-refractivity contribution in [1.29, 1.82) is 0 Å². The fraction of sp³-hybridized carbons (Fsp3) is 0.368. The lowest BCUT2D eigenvalue weighted by atomic mass is 10.2. The Kier molecular flexibility index (Phi) is 7.25. The van der Waals surface area contributed by atoms with Gasteiger partial charge in [0, 0.05) is 13.1 Å². The van der Waals surface area contributed by atoms with Gasteiger partial charge in [0.1, 0.15) is 16.5 Å². The summed E-state index contributed by atoms with van der Waals surface area (Å²) in [5.74, 6) is -0.407. The lowest BCUT2D eigenvalue weighted by Crippen LogP contribution is -2.31. The van der Waals surface area contributed by atoms with Crippen LogP contribution in [0.4, 0.5) is 10.1 Å². The summed E-state index contributed by atoms with van der Waals surface area (Å²) >= 11 is 0. The van der Waals surface area contributed by atoms with Crippen LogP contribution in [0.1, 0.15) is 26.3 Å². The van der Waals surface area contributed by atoms with Gasteiger partial charge in [-0.05, 0) is 55.8 Å². The number of hydrogen-bond donors (Lipinski definition) is 1. The monoisotopic (exact) mass is 444 g/mol. The zero-order chi connectivity index (χ0) is 21.8. The Balaban J connectivity index is 2.52. The van der Waals surface area contributed by atoms with Gasteiger partial charge in [-0.2, -0.15) is 4.31 Å². The molecule has 160 valence electrons. The van der Waals surface area contributed by atoms with Crippen molar-refractivity contribution in [1.82, 2.24) is 4.31 Å². The molecule has 0 heterocycles. The minimum Gasteiger partial charge on any atom is -0.492 e. The number of nitrogens with zero attached hydrogens (tertiary/aromatic N) is 1. The molecule has 0 amide bonds. The minimum atomic E-state index is -4.05. The predicted octanol–water partition coefficient (Wildman–Crippen LogP) is 3.36. The zero-order valence-corrected chi connectivity index (χ0v) is 18.4. The molecule has 0 bridgehead atoms. The molecule has 0 fully saturated rings. The topological polar surface area (TPSA) is 92.8 Å². The van der Waals surface area contributed by atoms with Crippen molar-refractivity contribution in [2.75, 3.05) is 24.4 Å². The Morgan fingerprint density at radius 1 is 0.966 bits per heavy atom. The molecule has 0 unspecified atom stereocenters. The molecule has 0 saturated carbocycles. The van der Waals surface area contributed by atoms with E-state index in [1.54, 1.807) is 20.8 Å². The van der Waals surface area contributed by atoms with Crippen LogP contribution in [0.25, 0.3) is 0 Å². The van der Waals surface area contributed by atoms with Gasteiger partial charge >= 0.3 is 0 Å². The van der Waals surface area contributed by atoms with Crippen LogP contribution in [-0.4, -0.2) is 40.8 Å². The lowest BCUT2D eigenvalue weighted by Gasteiger charge is -2.21. The number of aryl methyl sites for hydroxylation is 1. The summed E-state index contributed by atoms with van der Waals surface area (Å²) in [5.41, 5.74) is 0.294. The van der Waals surface area contributed by atoms with E-state index in [0.717, 1.165) is 18.2 Å². The Morgan fingerprint density at radius 3 is 2.17 bits per heavy atom. The molecule has 2 rings (SSSR count). The Bertz CT molecular complexity index is 1080. The molecule has 10 heteroatoms. The van der Waals surface area contributed by atoms with Crippen LogP contribution in [0.15, 0.2) is 46.2 Å². The highest BCUT2D eigenvalue weighted by Crippen LogP contribution is 2.31. The van der Waals surface area contributed by atoms with Crippen molar-refractivity contribution in [3.63, 3.8) is 0 Å². The van der Waals surface area contributed by atoms with Crippen molar-refractivity contribution in [2.24, 2.45) is 0 Å². The second-order valence-electron chi connectivity index (χ2n) is 6.20. The number of anilines is 1. The van der Waals surface area contributed by atoms with Crippen LogP contribution in [0.5, 0.6) is 5.75 Å². The van der Waals surface area contributed by atoms with Crippen molar-refractivity contribution in [3.05, 3.63) is 47.8 Å². The van der Waals surface area contributed by atoms with E-state index >= 15 is 0 Å². The van der Waals surface area contributed by atoms with Crippen LogP contribution < -0.4 is 9.46 Å². The predicted molar refractivity (Wildman–Crippen MR) is 110 cm³/mol. The van der Waals surface area contributed by atoms with Gasteiger partial charge in [-0.15, -0.1) is 0 Å². The van der Waals surface area contributed by atoms with Gasteiger partial charge < -0.3 is 4.74 Å². The average molecular weight is 445 g/mol. The summed E-state index contributed by atoms with van der Waals surface area (Å²) in [6, 6.07) is 7.39. The molecule has 0 aliphatic rings. The molecule has 0 aliphatic heterocycles. The number of ether oxygens (including phenoxy) is 1. The molecule has 0 aromatic heterocycles. The van der Waals surface area contributed by atoms with Gasteiger partial charge in [0.25, 0.3) is 10.0 Å². The first-order chi connectivity index (χ1) is 13.6. The number of halogens is 1. The van der Waals surface area contributed by atoms with Gasteiger partial charge in [0.05, 0.1) is 17.2 Å². The fourth-order valence-corrected chi connectivity index (χ4v) is 5.77. The van der Waals surface area contributed by atoms with Crippen molar-refractivity contribution >= 4 is 25.7 Å². The molecule has 1 N–H and O–H groups in total. The summed E-state index contributed by atoms with van der Waals surface area (Å²) in [4.78, 5) is -0.222. The SMILES string of the molecule is CCOc1ccc(NS(=O)(=O)c2ccc(F)cc2C)cc1S(=O)(=O)N(CC)CC. The summed E-state index contributed by atoms with van der Waals surface area (Å²) in [6.45, 7) is 7.40. The third kappa shape index (κ3) is 5.06. The number of benzene rings is 2. The molecular weight excluding hydrogens is 419 g/mol. The first kappa shape index (κ1) is 23.1. The summed E-state index contributed by atoms with van der Waals surface area (Å²) in [5, 5.41) is 0. The highest BCUT2D eigenvalue weighted by molar-refractivity contribution is 7.92. The molecule has 0 saturated heterocycles. The van der Waals surface area contributed by atoms with Crippen LogP contribution in [-0.2, 0) is 20.0 Å². The smallest absolute Gasteiger partial charge is 0.262 e. The second-order valence-corrected chi connectivity index (χ2v) is 9.76. The molecule has 7 nitrogen and oxygen atoms in total. The van der Waals surface area contributed by atoms with E-state index in [2.05, 4.69) is 4.72 Å². The largest absolute Gasteiger partial charge is 0.492 e. The average Bonchev–Trinajstić information content (AvgIpc) is 2.63. The van der Waals surface area contributed by atoms with Gasteiger partial charge in [0.15, 0.2) is 0 Å².